The summed E-state index contributed by atoms with van der Waals surface area (Å²) in [7, 11) is 0. The predicted octanol–water partition coefficient (Wildman–Crippen LogP) is 1.77. The molecule has 7 nitrogen and oxygen atoms in total. The maximum atomic E-state index is 12.9. The lowest BCUT2D eigenvalue weighted by molar-refractivity contribution is -0.0267. The van der Waals surface area contributed by atoms with E-state index >= 15 is 0 Å². The number of carbonyl (C=O) groups is 1. The Labute approximate surface area is 135 Å². The molecule has 1 aliphatic rings. The van der Waals surface area contributed by atoms with Gasteiger partial charge in [0, 0.05) is 24.5 Å². The number of aryl methyl sites for hydroxylation is 2. The van der Waals surface area contributed by atoms with Gasteiger partial charge in [-0.05, 0) is 33.8 Å². The second-order valence-corrected chi connectivity index (χ2v) is 5.92. The first-order chi connectivity index (χ1) is 11.0. The average Bonchev–Trinajstić information content (AvgIpc) is 3.10. The molecule has 23 heavy (non-hydrogen) atoms. The molecule has 1 saturated heterocycles. The molecule has 2 aromatic rings. The molecule has 0 bridgehead atoms. The SMILES string of the molecule is CCn1c(C)cc(C(=O)N2CCO[C@@H](c3n[nH]c(C)n3)C2)c1C. The van der Waals surface area contributed by atoms with Gasteiger partial charge < -0.3 is 14.2 Å². The highest BCUT2D eigenvalue weighted by Crippen LogP contribution is 2.23. The fourth-order valence-corrected chi connectivity index (χ4v) is 3.17. The first-order valence-corrected chi connectivity index (χ1v) is 7.97. The lowest BCUT2D eigenvalue weighted by atomic mass is 10.2. The largest absolute Gasteiger partial charge is 0.366 e. The van der Waals surface area contributed by atoms with Gasteiger partial charge in [-0.25, -0.2) is 4.98 Å². The van der Waals surface area contributed by atoms with E-state index in [1.54, 1.807) is 0 Å². The van der Waals surface area contributed by atoms with E-state index in [9.17, 15) is 4.79 Å². The molecule has 0 unspecified atom stereocenters. The zero-order valence-electron chi connectivity index (χ0n) is 14.1. The van der Waals surface area contributed by atoms with Gasteiger partial charge in [0.25, 0.3) is 5.91 Å². The first-order valence-electron chi connectivity index (χ1n) is 7.97. The number of rotatable bonds is 3. The summed E-state index contributed by atoms with van der Waals surface area (Å²) < 4.78 is 7.89. The number of hydrogen-bond acceptors (Lipinski definition) is 4. The zero-order valence-corrected chi connectivity index (χ0v) is 14.1. The zero-order chi connectivity index (χ0) is 16.6. The minimum absolute atomic E-state index is 0.0540. The molecule has 2 aromatic heterocycles. The summed E-state index contributed by atoms with van der Waals surface area (Å²) in [5.74, 6) is 1.41. The third-order valence-corrected chi connectivity index (χ3v) is 4.38. The van der Waals surface area contributed by atoms with Crippen molar-refractivity contribution in [3.63, 3.8) is 0 Å². The average molecular weight is 317 g/mol. The number of carbonyl (C=O) groups excluding carboxylic acids is 1. The maximum Gasteiger partial charge on any atom is 0.255 e. The third-order valence-electron chi connectivity index (χ3n) is 4.38. The molecule has 0 saturated carbocycles. The molecule has 1 N–H and O–H groups in total. The quantitative estimate of drug-likeness (QED) is 0.936. The molecule has 0 aromatic carbocycles. The van der Waals surface area contributed by atoms with Crippen molar-refractivity contribution in [1.82, 2.24) is 24.6 Å². The van der Waals surface area contributed by atoms with Gasteiger partial charge in [-0.15, -0.1) is 0 Å². The fraction of sp³-hybridized carbons (Fsp3) is 0.562. The molecule has 124 valence electrons. The van der Waals surface area contributed by atoms with Crippen LogP contribution in [0.15, 0.2) is 6.07 Å². The van der Waals surface area contributed by atoms with Crippen LogP contribution >= 0.6 is 0 Å². The third kappa shape index (κ3) is 2.88. The standard InChI is InChI=1S/C16H23N5O2/c1-5-21-10(2)8-13(11(21)3)16(22)20-6-7-23-14(9-20)15-17-12(4)18-19-15/h8,14H,5-7,9H2,1-4H3,(H,17,18,19)/t14-/m1/s1. The highest BCUT2D eigenvalue weighted by atomic mass is 16.5. The summed E-state index contributed by atoms with van der Waals surface area (Å²) >= 11 is 0. The summed E-state index contributed by atoms with van der Waals surface area (Å²) in [5.41, 5.74) is 2.91. The van der Waals surface area contributed by atoms with Crippen molar-refractivity contribution in [1.29, 1.82) is 0 Å². The normalized spacial score (nSPS) is 18.4. The lowest BCUT2D eigenvalue weighted by Gasteiger charge is -2.31. The summed E-state index contributed by atoms with van der Waals surface area (Å²) in [6.07, 6.45) is -0.271. The van der Waals surface area contributed by atoms with Crippen molar-refractivity contribution in [2.75, 3.05) is 19.7 Å². The van der Waals surface area contributed by atoms with Crippen LogP contribution in [0.2, 0.25) is 0 Å². The van der Waals surface area contributed by atoms with Crippen LogP contribution in [-0.4, -0.2) is 50.3 Å². The van der Waals surface area contributed by atoms with Gasteiger partial charge in [-0.3, -0.25) is 9.89 Å². The molecule has 3 rings (SSSR count). The van der Waals surface area contributed by atoms with Gasteiger partial charge in [-0.1, -0.05) is 0 Å². The topological polar surface area (TPSA) is 76.0 Å². The van der Waals surface area contributed by atoms with E-state index in [1.807, 2.05) is 31.7 Å². The number of nitrogens with zero attached hydrogens (tertiary/aromatic N) is 4. The second kappa shape index (κ2) is 6.16. The van der Waals surface area contributed by atoms with Crippen LogP contribution in [0.4, 0.5) is 0 Å². The van der Waals surface area contributed by atoms with Gasteiger partial charge in [0.05, 0.1) is 18.7 Å². The monoisotopic (exact) mass is 317 g/mol. The van der Waals surface area contributed by atoms with Crippen LogP contribution in [0.1, 0.15) is 46.4 Å². The maximum absolute atomic E-state index is 12.9. The number of hydrogen-bond donors (Lipinski definition) is 1. The molecule has 0 spiro atoms. The highest BCUT2D eigenvalue weighted by molar-refractivity contribution is 5.95. The van der Waals surface area contributed by atoms with Crippen molar-refractivity contribution in [3.05, 3.63) is 34.7 Å². The van der Waals surface area contributed by atoms with E-state index < -0.39 is 0 Å². The molecule has 7 heteroatoms. The Balaban J connectivity index is 1.80. The van der Waals surface area contributed by atoms with Crippen LogP contribution in [-0.2, 0) is 11.3 Å². The minimum atomic E-state index is -0.271. The Morgan fingerprint density at radius 3 is 2.83 bits per heavy atom. The Morgan fingerprint density at radius 1 is 1.43 bits per heavy atom. The van der Waals surface area contributed by atoms with Crippen molar-refractivity contribution >= 4 is 5.91 Å². The summed E-state index contributed by atoms with van der Waals surface area (Å²) in [4.78, 5) is 19.0. The van der Waals surface area contributed by atoms with Crippen LogP contribution in [0.25, 0.3) is 0 Å². The Morgan fingerprint density at radius 2 is 2.22 bits per heavy atom. The number of morpholine rings is 1. The number of ether oxygens (including phenoxy) is 1. The number of amides is 1. The Hall–Kier alpha value is -2.15. The Kier molecular flexibility index (Phi) is 4.21. The molecule has 1 amide bonds. The first kappa shape index (κ1) is 15.7. The summed E-state index contributed by atoms with van der Waals surface area (Å²) in [6.45, 7) is 10.4. The minimum Gasteiger partial charge on any atom is -0.366 e. The van der Waals surface area contributed by atoms with E-state index in [4.69, 9.17) is 4.74 Å². The van der Waals surface area contributed by atoms with Crippen molar-refractivity contribution in [2.45, 2.75) is 40.3 Å². The van der Waals surface area contributed by atoms with E-state index in [0.29, 0.717) is 25.5 Å². The molecular formula is C16H23N5O2. The van der Waals surface area contributed by atoms with E-state index in [0.717, 1.165) is 29.3 Å². The second-order valence-electron chi connectivity index (χ2n) is 5.92. The fourth-order valence-electron chi connectivity index (χ4n) is 3.17. The van der Waals surface area contributed by atoms with Crippen LogP contribution in [0.5, 0.6) is 0 Å². The molecule has 1 fully saturated rings. The van der Waals surface area contributed by atoms with E-state index in [-0.39, 0.29) is 12.0 Å². The van der Waals surface area contributed by atoms with Crippen molar-refractivity contribution < 1.29 is 9.53 Å². The summed E-state index contributed by atoms with van der Waals surface area (Å²) in [5, 5.41) is 6.97. The van der Waals surface area contributed by atoms with Crippen molar-refractivity contribution in [3.8, 4) is 0 Å². The molecule has 3 heterocycles. The Bertz CT molecular complexity index is 718. The molecule has 1 atom stereocenters. The van der Waals surface area contributed by atoms with Gasteiger partial charge in [0.2, 0.25) is 0 Å². The van der Waals surface area contributed by atoms with Crippen LogP contribution in [0, 0.1) is 20.8 Å². The van der Waals surface area contributed by atoms with Gasteiger partial charge in [0.15, 0.2) is 5.82 Å². The number of H-pyrrole nitrogens is 1. The molecule has 0 aliphatic carbocycles. The molecular weight excluding hydrogens is 294 g/mol. The predicted molar refractivity (Wildman–Crippen MR) is 85.3 cm³/mol. The summed E-state index contributed by atoms with van der Waals surface area (Å²) in [6, 6.07) is 1.97. The molecule has 1 aliphatic heterocycles. The van der Waals surface area contributed by atoms with Crippen LogP contribution in [0.3, 0.4) is 0 Å². The smallest absolute Gasteiger partial charge is 0.255 e. The van der Waals surface area contributed by atoms with E-state index in [1.165, 1.54) is 0 Å². The lowest BCUT2D eigenvalue weighted by Crippen LogP contribution is -2.42. The number of nitrogens with one attached hydrogen (secondary N) is 1. The van der Waals surface area contributed by atoms with Gasteiger partial charge >= 0.3 is 0 Å². The molecule has 0 radical (unpaired) electrons. The number of aromatic nitrogens is 4. The number of aromatic amines is 1. The van der Waals surface area contributed by atoms with Gasteiger partial charge in [-0.2, -0.15) is 5.10 Å². The van der Waals surface area contributed by atoms with E-state index in [2.05, 4.69) is 26.7 Å². The highest BCUT2D eigenvalue weighted by Gasteiger charge is 2.30. The van der Waals surface area contributed by atoms with Crippen LogP contribution < -0.4 is 0 Å². The van der Waals surface area contributed by atoms with Crippen molar-refractivity contribution in [2.24, 2.45) is 0 Å². The van der Waals surface area contributed by atoms with Gasteiger partial charge in [0.1, 0.15) is 11.9 Å².